The number of aliphatic hydroxyl groups is 2. The molecule has 0 aromatic rings. The Morgan fingerprint density at radius 3 is 0.763 bits per heavy atom. The Balaban J connectivity index is 3.36. The maximum atomic E-state index is 12.6. The van der Waals surface area contributed by atoms with Gasteiger partial charge in [0.05, 0.1) is 25.4 Å². The van der Waals surface area contributed by atoms with Crippen LogP contribution < -0.4 is 5.32 Å². The van der Waals surface area contributed by atoms with Crippen LogP contribution in [0.4, 0.5) is 0 Å². The van der Waals surface area contributed by atoms with E-state index in [0.717, 1.165) is 44.9 Å². The number of unbranched alkanes of at least 4 members (excludes halogenated alkanes) is 66. The Bertz CT molecular complexity index is 1510. The molecule has 0 fully saturated rings. The molecule has 0 saturated carbocycles. The molecule has 93 heavy (non-hydrogen) atoms. The third-order valence-corrected chi connectivity index (χ3v) is 20.1. The zero-order valence-corrected chi connectivity index (χ0v) is 63.3. The lowest BCUT2D eigenvalue weighted by molar-refractivity contribution is -0.143. The number of esters is 1. The maximum absolute atomic E-state index is 12.6. The van der Waals surface area contributed by atoms with Crippen molar-refractivity contribution in [3.05, 3.63) is 36.5 Å². The highest BCUT2D eigenvalue weighted by Crippen LogP contribution is 2.20. The van der Waals surface area contributed by atoms with Crippen molar-refractivity contribution in [3.8, 4) is 0 Å². The first kappa shape index (κ1) is 91.1. The Morgan fingerprint density at radius 1 is 0.290 bits per heavy atom. The molecule has 6 nitrogen and oxygen atoms in total. The number of nitrogens with one attached hydrogen (secondary N) is 1. The standard InChI is InChI=1S/C87H167NO5/c1-3-5-7-9-11-13-15-17-19-20-21-22-23-39-42-45-48-52-55-59-63-67-71-75-79-85(90)84(83-89)88-86(91)80-76-72-68-64-60-56-53-49-46-43-40-37-35-33-31-29-27-25-24-26-28-30-32-34-36-38-41-44-47-50-54-58-62-66-70-74-78-82-93-87(92)81-77-73-69-65-61-57-51-18-16-14-12-10-8-6-4-2/h18,24,26,51,75,79,84-85,89-90H,3-17,19-23,25,27-50,52-74,76-78,80-83H2,1-2H3,(H,88,91)/b26-24-,51-18-,79-75+. The van der Waals surface area contributed by atoms with Gasteiger partial charge in [-0.05, 0) is 83.5 Å². The molecule has 0 saturated heterocycles. The van der Waals surface area contributed by atoms with E-state index in [4.69, 9.17) is 4.74 Å². The summed E-state index contributed by atoms with van der Waals surface area (Å²) < 4.78 is 5.50. The van der Waals surface area contributed by atoms with Gasteiger partial charge in [0.1, 0.15) is 0 Å². The number of hydrogen-bond acceptors (Lipinski definition) is 5. The summed E-state index contributed by atoms with van der Waals surface area (Å²) in [4.78, 5) is 24.7. The molecule has 0 heterocycles. The molecule has 0 radical (unpaired) electrons. The monoisotopic (exact) mass is 1310 g/mol. The number of hydrogen-bond donors (Lipinski definition) is 3. The molecule has 1 amide bonds. The summed E-state index contributed by atoms with van der Waals surface area (Å²) in [5.74, 6) is -0.0444. The Morgan fingerprint density at radius 2 is 0.505 bits per heavy atom. The summed E-state index contributed by atoms with van der Waals surface area (Å²) in [5.41, 5.74) is 0. The van der Waals surface area contributed by atoms with E-state index < -0.39 is 12.1 Å². The molecule has 2 unspecified atom stereocenters. The van der Waals surface area contributed by atoms with Gasteiger partial charge >= 0.3 is 5.97 Å². The predicted octanol–water partition coefficient (Wildman–Crippen LogP) is 28.6. The minimum absolute atomic E-state index is 0.0142. The van der Waals surface area contributed by atoms with Gasteiger partial charge in [-0.1, -0.05) is 423 Å². The van der Waals surface area contributed by atoms with Crippen molar-refractivity contribution in [1.82, 2.24) is 5.32 Å². The van der Waals surface area contributed by atoms with Crippen molar-refractivity contribution in [1.29, 1.82) is 0 Å². The smallest absolute Gasteiger partial charge is 0.305 e. The van der Waals surface area contributed by atoms with Gasteiger partial charge in [0, 0.05) is 12.8 Å². The number of carbonyl (C=O) groups is 2. The number of amides is 1. The van der Waals surface area contributed by atoms with Crippen molar-refractivity contribution >= 4 is 11.9 Å². The van der Waals surface area contributed by atoms with Crippen molar-refractivity contribution in [2.24, 2.45) is 0 Å². The van der Waals surface area contributed by atoms with Crippen LogP contribution in [0.2, 0.25) is 0 Å². The molecular weight excluding hydrogens is 1140 g/mol. The predicted molar refractivity (Wildman–Crippen MR) is 412 cm³/mol. The van der Waals surface area contributed by atoms with Gasteiger partial charge in [-0.3, -0.25) is 9.59 Å². The molecule has 0 aliphatic rings. The van der Waals surface area contributed by atoms with E-state index in [2.05, 4.69) is 43.5 Å². The van der Waals surface area contributed by atoms with Crippen LogP contribution in [0.5, 0.6) is 0 Å². The van der Waals surface area contributed by atoms with Gasteiger partial charge < -0.3 is 20.3 Å². The number of ether oxygens (including phenoxy) is 1. The Labute approximate surface area is 583 Å². The van der Waals surface area contributed by atoms with E-state index in [9.17, 15) is 19.8 Å². The number of carbonyl (C=O) groups excluding carboxylic acids is 2. The molecule has 6 heteroatoms. The average Bonchev–Trinajstić information content (AvgIpc) is 3.78. The van der Waals surface area contributed by atoms with E-state index in [1.54, 1.807) is 6.08 Å². The van der Waals surface area contributed by atoms with Gasteiger partial charge in [-0.25, -0.2) is 0 Å². The second-order valence-electron chi connectivity index (χ2n) is 29.5. The van der Waals surface area contributed by atoms with E-state index in [1.165, 1.54) is 411 Å². The lowest BCUT2D eigenvalue weighted by Gasteiger charge is -2.20. The molecule has 0 aliphatic heterocycles. The fourth-order valence-electron chi connectivity index (χ4n) is 13.6. The van der Waals surface area contributed by atoms with Crippen LogP contribution in [-0.4, -0.2) is 47.4 Å². The fraction of sp³-hybridized carbons (Fsp3) is 0.908. The van der Waals surface area contributed by atoms with Gasteiger partial charge in [0.15, 0.2) is 0 Å². The van der Waals surface area contributed by atoms with Gasteiger partial charge in [0.2, 0.25) is 5.91 Å². The fourth-order valence-corrected chi connectivity index (χ4v) is 13.6. The first-order valence-corrected chi connectivity index (χ1v) is 42.8. The molecule has 0 rings (SSSR count). The average molecular weight is 1310 g/mol. The van der Waals surface area contributed by atoms with E-state index in [1.807, 2.05) is 6.08 Å². The minimum Gasteiger partial charge on any atom is -0.466 e. The quantitative estimate of drug-likeness (QED) is 0.0320. The normalized spacial score (nSPS) is 12.6. The molecule has 3 N–H and O–H groups in total. The van der Waals surface area contributed by atoms with Gasteiger partial charge in [-0.2, -0.15) is 0 Å². The SMILES string of the molecule is CCCCCCCC/C=C\CCCCCCCC(=O)OCCCCCCCCCCCCCCCCCC/C=C\CCCCCCCCCCCCCCCCCCCC(=O)NC(CO)C(O)/C=C/CCCCCCCCCCCCCCCCCCCCCCCC. The summed E-state index contributed by atoms with van der Waals surface area (Å²) in [6.45, 7) is 4.95. The zero-order valence-electron chi connectivity index (χ0n) is 63.3. The number of allylic oxidation sites excluding steroid dienone is 5. The lowest BCUT2D eigenvalue weighted by Crippen LogP contribution is -2.45. The van der Waals surface area contributed by atoms with Crippen molar-refractivity contribution in [2.45, 2.75) is 495 Å². The van der Waals surface area contributed by atoms with Crippen LogP contribution in [0.3, 0.4) is 0 Å². The largest absolute Gasteiger partial charge is 0.466 e. The maximum Gasteiger partial charge on any atom is 0.305 e. The van der Waals surface area contributed by atoms with E-state index >= 15 is 0 Å². The first-order valence-electron chi connectivity index (χ1n) is 42.8. The van der Waals surface area contributed by atoms with Crippen LogP contribution in [-0.2, 0) is 14.3 Å². The summed E-state index contributed by atoms with van der Waals surface area (Å²) >= 11 is 0. The summed E-state index contributed by atoms with van der Waals surface area (Å²) in [6.07, 6.45) is 109. The number of rotatable bonds is 81. The lowest BCUT2D eigenvalue weighted by atomic mass is 10.0. The zero-order chi connectivity index (χ0) is 67.0. The molecule has 2 atom stereocenters. The van der Waals surface area contributed by atoms with Crippen LogP contribution >= 0.6 is 0 Å². The van der Waals surface area contributed by atoms with Crippen molar-refractivity contribution in [3.63, 3.8) is 0 Å². The first-order chi connectivity index (χ1) is 46.0. The molecular formula is C87H167NO5. The highest BCUT2D eigenvalue weighted by atomic mass is 16.5. The third-order valence-electron chi connectivity index (χ3n) is 20.1. The van der Waals surface area contributed by atoms with E-state index in [-0.39, 0.29) is 18.5 Å². The number of aliphatic hydroxyl groups excluding tert-OH is 2. The van der Waals surface area contributed by atoms with Crippen LogP contribution in [0.25, 0.3) is 0 Å². The third kappa shape index (κ3) is 79.0. The summed E-state index contributed by atoms with van der Waals surface area (Å²) in [6, 6.07) is -0.627. The Kier molecular flexibility index (Phi) is 80.8. The topological polar surface area (TPSA) is 95.9 Å². The van der Waals surface area contributed by atoms with Crippen LogP contribution in [0.15, 0.2) is 36.5 Å². The molecule has 0 aromatic heterocycles. The molecule has 0 bridgehead atoms. The second-order valence-corrected chi connectivity index (χ2v) is 29.5. The highest BCUT2D eigenvalue weighted by molar-refractivity contribution is 5.76. The van der Waals surface area contributed by atoms with Crippen LogP contribution in [0.1, 0.15) is 483 Å². The van der Waals surface area contributed by atoms with E-state index in [0.29, 0.717) is 19.4 Å². The molecule has 550 valence electrons. The second kappa shape index (κ2) is 82.5. The highest BCUT2D eigenvalue weighted by Gasteiger charge is 2.18. The molecule has 0 aliphatic carbocycles. The van der Waals surface area contributed by atoms with Crippen molar-refractivity contribution < 1.29 is 24.5 Å². The van der Waals surface area contributed by atoms with Gasteiger partial charge in [0.25, 0.3) is 0 Å². The summed E-state index contributed by atoms with van der Waals surface area (Å²) in [7, 11) is 0. The minimum atomic E-state index is -0.843. The van der Waals surface area contributed by atoms with Gasteiger partial charge in [-0.15, -0.1) is 0 Å². The molecule has 0 spiro atoms. The van der Waals surface area contributed by atoms with Crippen molar-refractivity contribution in [2.75, 3.05) is 13.2 Å². The Hall–Kier alpha value is -1.92. The molecule has 0 aromatic carbocycles. The van der Waals surface area contributed by atoms with Crippen LogP contribution in [0, 0.1) is 0 Å². The summed E-state index contributed by atoms with van der Waals surface area (Å²) in [5, 5.41) is 23.3.